The summed E-state index contributed by atoms with van der Waals surface area (Å²) in [5.74, 6) is 1.77. The minimum absolute atomic E-state index is 0.165. The Balaban J connectivity index is 1.55. The quantitative estimate of drug-likeness (QED) is 0.761. The van der Waals surface area contributed by atoms with E-state index in [4.69, 9.17) is 4.52 Å². The van der Waals surface area contributed by atoms with Crippen LogP contribution in [0.3, 0.4) is 0 Å². The number of carbonyl (C=O) groups excluding carboxylic acids is 1. The van der Waals surface area contributed by atoms with Gasteiger partial charge in [-0.1, -0.05) is 62.5 Å². The Morgan fingerprint density at radius 3 is 2.54 bits per heavy atom. The maximum atomic E-state index is 12.4. The van der Waals surface area contributed by atoms with E-state index in [0.29, 0.717) is 36.5 Å². The lowest BCUT2D eigenvalue weighted by molar-refractivity contribution is -0.132. The fourth-order valence-corrected chi connectivity index (χ4v) is 3.55. The van der Waals surface area contributed by atoms with Crippen molar-refractivity contribution < 1.29 is 9.32 Å². The molecule has 140 valence electrons. The molecule has 0 bridgehead atoms. The lowest BCUT2D eigenvalue weighted by Crippen LogP contribution is -2.38. The molecule has 1 saturated carbocycles. The van der Waals surface area contributed by atoms with E-state index in [1.165, 1.54) is 24.8 Å². The molecule has 3 rings (SSSR count). The molecule has 5 heteroatoms. The highest BCUT2D eigenvalue weighted by Crippen LogP contribution is 2.23. The summed E-state index contributed by atoms with van der Waals surface area (Å²) in [4.78, 5) is 18.8. The molecule has 26 heavy (non-hydrogen) atoms. The average Bonchev–Trinajstić information content (AvgIpc) is 3.15. The lowest BCUT2D eigenvalue weighted by atomic mass is 9.94. The summed E-state index contributed by atoms with van der Waals surface area (Å²) in [6.07, 6.45) is 6.91. The van der Waals surface area contributed by atoms with Gasteiger partial charge in [0.25, 0.3) is 0 Å². The topological polar surface area (TPSA) is 59.2 Å². The third kappa shape index (κ3) is 4.51. The summed E-state index contributed by atoms with van der Waals surface area (Å²) >= 11 is 0. The predicted molar refractivity (Wildman–Crippen MR) is 102 cm³/mol. The predicted octanol–water partition coefficient (Wildman–Crippen LogP) is 4.58. The van der Waals surface area contributed by atoms with Gasteiger partial charge in [-0.2, -0.15) is 4.98 Å². The molecular weight excluding hydrogens is 326 g/mol. The number of nitrogens with zero attached hydrogens (tertiary/aromatic N) is 3. The van der Waals surface area contributed by atoms with Gasteiger partial charge < -0.3 is 9.42 Å². The molecule has 0 saturated heterocycles. The van der Waals surface area contributed by atoms with Crippen molar-refractivity contribution in [1.82, 2.24) is 15.0 Å². The van der Waals surface area contributed by atoms with Gasteiger partial charge in [0.1, 0.15) is 0 Å². The van der Waals surface area contributed by atoms with Crippen molar-refractivity contribution in [3.05, 3.63) is 35.7 Å². The summed E-state index contributed by atoms with van der Waals surface area (Å²) in [5, 5.41) is 4.06. The standard InChI is InChI=1S/C21H29N3O2/c1-15(2)16-9-11-17(12-10-16)21-22-19(26-23-21)13-14-20(25)24(3)18-7-5-4-6-8-18/h9-12,15,18H,4-8,13-14H2,1-3H3. The molecular formula is C21H29N3O2. The van der Waals surface area contributed by atoms with Crippen molar-refractivity contribution in [3.63, 3.8) is 0 Å². The van der Waals surface area contributed by atoms with Gasteiger partial charge in [0.15, 0.2) is 0 Å². The second-order valence-corrected chi connectivity index (χ2v) is 7.58. The SMILES string of the molecule is CC(C)c1ccc(-c2noc(CCC(=O)N(C)C3CCCCC3)n2)cc1. The largest absolute Gasteiger partial charge is 0.343 e. The fourth-order valence-electron chi connectivity index (χ4n) is 3.55. The molecule has 0 unspecified atom stereocenters. The van der Waals surface area contributed by atoms with Gasteiger partial charge in [0.05, 0.1) is 0 Å². The smallest absolute Gasteiger partial charge is 0.227 e. The first-order valence-electron chi connectivity index (χ1n) is 9.73. The van der Waals surface area contributed by atoms with E-state index >= 15 is 0 Å². The Morgan fingerprint density at radius 2 is 1.88 bits per heavy atom. The first-order chi connectivity index (χ1) is 12.5. The number of hydrogen-bond acceptors (Lipinski definition) is 4. The summed E-state index contributed by atoms with van der Waals surface area (Å²) in [5.41, 5.74) is 2.23. The summed E-state index contributed by atoms with van der Waals surface area (Å²) in [6.45, 7) is 4.34. The molecule has 0 aliphatic heterocycles. The highest BCUT2D eigenvalue weighted by molar-refractivity contribution is 5.76. The van der Waals surface area contributed by atoms with E-state index in [1.54, 1.807) is 0 Å². The van der Waals surface area contributed by atoms with Crippen molar-refractivity contribution in [2.45, 2.75) is 70.8 Å². The molecule has 0 N–H and O–H groups in total. The highest BCUT2D eigenvalue weighted by Gasteiger charge is 2.22. The molecule has 1 aliphatic carbocycles. The fraction of sp³-hybridized carbons (Fsp3) is 0.571. The molecule has 1 aromatic carbocycles. The van der Waals surface area contributed by atoms with Crippen LogP contribution in [0.15, 0.2) is 28.8 Å². The second-order valence-electron chi connectivity index (χ2n) is 7.58. The first kappa shape index (κ1) is 18.6. The van der Waals surface area contributed by atoms with Crippen LogP contribution in [0, 0.1) is 0 Å². The van der Waals surface area contributed by atoms with Gasteiger partial charge in [-0.3, -0.25) is 4.79 Å². The number of aryl methyl sites for hydroxylation is 1. The number of carbonyl (C=O) groups is 1. The zero-order chi connectivity index (χ0) is 18.5. The second kappa shape index (κ2) is 8.47. The van der Waals surface area contributed by atoms with Crippen LogP contribution in [-0.4, -0.2) is 34.0 Å². The van der Waals surface area contributed by atoms with Crippen LogP contribution >= 0.6 is 0 Å². The van der Waals surface area contributed by atoms with Crippen LogP contribution in [0.4, 0.5) is 0 Å². The minimum atomic E-state index is 0.165. The molecule has 1 heterocycles. The third-order valence-electron chi connectivity index (χ3n) is 5.37. The van der Waals surface area contributed by atoms with Gasteiger partial charge in [-0.15, -0.1) is 0 Å². The van der Waals surface area contributed by atoms with Crippen LogP contribution in [0.5, 0.6) is 0 Å². The van der Waals surface area contributed by atoms with Crippen LogP contribution in [0.25, 0.3) is 11.4 Å². The molecule has 2 aromatic rings. The Hall–Kier alpha value is -2.17. The van der Waals surface area contributed by atoms with E-state index in [0.717, 1.165) is 18.4 Å². The molecule has 0 spiro atoms. The molecule has 1 aromatic heterocycles. The maximum Gasteiger partial charge on any atom is 0.227 e. The summed E-state index contributed by atoms with van der Waals surface area (Å²) in [6, 6.07) is 8.63. The monoisotopic (exact) mass is 355 g/mol. The van der Waals surface area contributed by atoms with Gasteiger partial charge in [0, 0.05) is 31.5 Å². The molecule has 1 fully saturated rings. The van der Waals surface area contributed by atoms with Gasteiger partial charge in [-0.05, 0) is 24.3 Å². The minimum Gasteiger partial charge on any atom is -0.343 e. The van der Waals surface area contributed by atoms with E-state index in [9.17, 15) is 4.79 Å². The van der Waals surface area contributed by atoms with E-state index in [1.807, 2.05) is 24.1 Å². The third-order valence-corrected chi connectivity index (χ3v) is 5.37. The molecule has 1 aliphatic rings. The van der Waals surface area contributed by atoms with Crippen molar-refractivity contribution in [3.8, 4) is 11.4 Å². The average molecular weight is 355 g/mol. The zero-order valence-corrected chi connectivity index (χ0v) is 16.1. The van der Waals surface area contributed by atoms with Crippen molar-refractivity contribution >= 4 is 5.91 Å². The molecule has 1 amide bonds. The van der Waals surface area contributed by atoms with Crippen LogP contribution < -0.4 is 0 Å². The number of amides is 1. The van der Waals surface area contributed by atoms with Crippen molar-refractivity contribution in [2.75, 3.05) is 7.05 Å². The summed E-state index contributed by atoms with van der Waals surface area (Å²) < 4.78 is 5.34. The first-order valence-corrected chi connectivity index (χ1v) is 9.73. The van der Waals surface area contributed by atoms with Gasteiger partial charge in [-0.25, -0.2) is 0 Å². The van der Waals surface area contributed by atoms with Gasteiger partial charge in [0.2, 0.25) is 17.6 Å². The van der Waals surface area contributed by atoms with Crippen LogP contribution in [0.2, 0.25) is 0 Å². The number of benzene rings is 1. The van der Waals surface area contributed by atoms with Crippen LogP contribution in [-0.2, 0) is 11.2 Å². The Morgan fingerprint density at radius 1 is 1.19 bits per heavy atom. The number of rotatable bonds is 6. The van der Waals surface area contributed by atoms with Crippen molar-refractivity contribution in [2.24, 2.45) is 0 Å². The molecule has 5 nitrogen and oxygen atoms in total. The maximum absolute atomic E-state index is 12.4. The van der Waals surface area contributed by atoms with Crippen molar-refractivity contribution in [1.29, 1.82) is 0 Å². The van der Waals surface area contributed by atoms with E-state index < -0.39 is 0 Å². The normalized spacial score (nSPS) is 15.4. The van der Waals surface area contributed by atoms with Crippen LogP contribution in [0.1, 0.15) is 69.7 Å². The summed E-state index contributed by atoms with van der Waals surface area (Å²) in [7, 11) is 1.92. The molecule has 0 radical (unpaired) electrons. The zero-order valence-electron chi connectivity index (χ0n) is 16.1. The Kier molecular flexibility index (Phi) is 6.07. The number of hydrogen-bond donors (Lipinski definition) is 0. The van der Waals surface area contributed by atoms with E-state index in [2.05, 4.69) is 36.1 Å². The Bertz CT molecular complexity index is 715. The number of aromatic nitrogens is 2. The van der Waals surface area contributed by atoms with E-state index in [-0.39, 0.29) is 5.91 Å². The highest BCUT2D eigenvalue weighted by atomic mass is 16.5. The lowest BCUT2D eigenvalue weighted by Gasteiger charge is -2.31. The van der Waals surface area contributed by atoms with Gasteiger partial charge >= 0.3 is 0 Å². The Labute approximate surface area is 155 Å². The molecule has 0 atom stereocenters.